The van der Waals surface area contributed by atoms with Crippen molar-refractivity contribution in [3.8, 4) is 11.5 Å². The third-order valence-electron chi connectivity index (χ3n) is 5.17. The van der Waals surface area contributed by atoms with E-state index < -0.39 is 0 Å². The van der Waals surface area contributed by atoms with Gasteiger partial charge in [0.25, 0.3) is 0 Å². The largest absolute Gasteiger partial charge is 0.420 e. The third kappa shape index (κ3) is 3.99. The number of rotatable bonds is 3. The van der Waals surface area contributed by atoms with Crippen LogP contribution < -0.4 is 0 Å². The lowest BCUT2D eigenvalue weighted by Gasteiger charge is -2.24. The summed E-state index contributed by atoms with van der Waals surface area (Å²) in [7, 11) is 0. The van der Waals surface area contributed by atoms with E-state index >= 15 is 0 Å². The summed E-state index contributed by atoms with van der Waals surface area (Å²) in [6.45, 7) is 6.69. The third-order valence-corrected chi connectivity index (χ3v) is 5.17. The zero-order chi connectivity index (χ0) is 19.6. The molecule has 2 aliphatic carbocycles. The Labute approximate surface area is 166 Å². The average Bonchev–Trinajstić information content (AvgIpc) is 3.03. The molecule has 2 aliphatic rings. The first-order valence-corrected chi connectivity index (χ1v) is 9.87. The summed E-state index contributed by atoms with van der Waals surface area (Å²) >= 11 is 0. The van der Waals surface area contributed by atoms with Gasteiger partial charge in [0.1, 0.15) is 0 Å². The van der Waals surface area contributed by atoms with Gasteiger partial charge >= 0.3 is 0 Å². The summed E-state index contributed by atoms with van der Waals surface area (Å²) in [6, 6.07) is 8.30. The van der Waals surface area contributed by atoms with E-state index in [1.54, 1.807) is 0 Å². The Morgan fingerprint density at radius 3 is 2.46 bits per heavy atom. The summed E-state index contributed by atoms with van der Waals surface area (Å²) < 4.78 is 5.99. The molecule has 0 aliphatic heterocycles. The predicted molar refractivity (Wildman–Crippen MR) is 115 cm³/mol. The Morgan fingerprint density at radius 2 is 1.75 bits per heavy atom. The summed E-state index contributed by atoms with van der Waals surface area (Å²) in [5, 5.41) is 8.57. The second-order valence-corrected chi connectivity index (χ2v) is 8.32. The molecule has 2 aromatic rings. The van der Waals surface area contributed by atoms with Crippen molar-refractivity contribution in [1.29, 1.82) is 0 Å². The maximum absolute atomic E-state index is 5.99. The molecule has 28 heavy (non-hydrogen) atoms. The van der Waals surface area contributed by atoms with E-state index in [1.165, 1.54) is 16.7 Å². The first-order chi connectivity index (χ1) is 13.5. The van der Waals surface area contributed by atoms with Gasteiger partial charge in [0.2, 0.25) is 11.8 Å². The molecule has 1 heterocycles. The van der Waals surface area contributed by atoms with Gasteiger partial charge in [0.15, 0.2) is 0 Å². The second-order valence-electron chi connectivity index (χ2n) is 8.32. The molecular formula is C25H26N2O. The van der Waals surface area contributed by atoms with Gasteiger partial charge in [-0.2, -0.15) is 0 Å². The van der Waals surface area contributed by atoms with Crippen molar-refractivity contribution in [1.82, 2.24) is 10.2 Å². The summed E-state index contributed by atoms with van der Waals surface area (Å²) in [6.07, 6.45) is 19.3. The van der Waals surface area contributed by atoms with Gasteiger partial charge in [-0.05, 0) is 47.1 Å². The maximum Gasteiger partial charge on any atom is 0.247 e. The zero-order valence-electron chi connectivity index (χ0n) is 16.7. The van der Waals surface area contributed by atoms with Crippen LogP contribution in [0.3, 0.4) is 0 Å². The number of nitrogens with zero attached hydrogens (tertiary/aromatic N) is 2. The topological polar surface area (TPSA) is 38.9 Å². The molecule has 0 spiro atoms. The van der Waals surface area contributed by atoms with Crippen molar-refractivity contribution in [3.63, 3.8) is 0 Å². The smallest absolute Gasteiger partial charge is 0.247 e. The molecule has 0 amide bonds. The molecule has 3 nitrogen and oxygen atoms in total. The molecule has 0 saturated carbocycles. The SMILES string of the molecule is CC(C)(C)C1=CCC(c2nnc(-c3ccc(C4=CC=CCC=C4)cc3)o2)C=C1. The van der Waals surface area contributed by atoms with Crippen molar-refractivity contribution in [2.45, 2.75) is 39.5 Å². The molecule has 1 atom stereocenters. The van der Waals surface area contributed by atoms with Crippen molar-refractivity contribution >= 4 is 5.57 Å². The number of aromatic nitrogens is 2. The Balaban J connectivity index is 1.49. The lowest BCUT2D eigenvalue weighted by molar-refractivity contribution is 0.474. The van der Waals surface area contributed by atoms with Crippen molar-refractivity contribution < 1.29 is 4.42 Å². The van der Waals surface area contributed by atoms with Gasteiger partial charge in [0, 0.05) is 5.56 Å². The fourth-order valence-electron chi connectivity index (χ4n) is 3.44. The Hall–Kier alpha value is -2.94. The standard InChI is InChI=1S/C25H26N2O/c1-25(2,3)22-16-14-21(15-17-22)24-27-26-23(28-24)20-12-10-19(11-13-20)18-8-6-4-5-7-9-18/h4,6-14,16-17,21H,5,15H2,1-3H3. The highest BCUT2D eigenvalue weighted by atomic mass is 16.4. The highest BCUT2D eigenvalue weighted by Crippen LogP contribution is 2.34. The van der Waals surface area contributed by atoms with Gasteiger partial charge in [-0.15, -0.1) is 10.2 Å². The van der Waals surface area contributed by atoms with Gasteiger partial charge in [-0.25, -0.2) is 0 Å². The van der Waals surface area contributed by atoms with Crippen LogP contribution in [0.2, 0.25) is 0 Å². The molecule has 4 rings (SSSR count). The van der Waals surface area contributed by atoms with Crippen LogP contribution in [-0.4, -0.2) is 10.2 Å². The number of benzene rings is 1. The van der Waals surface area contributed by atoms with E-state index in [1.807, 2.05) is 12.1 Å². The normalized spacial score (nSPS) is 19.3. The second kappa shape index (κ2) is 7.59. The van der Waals surface area contributed by atoms with Crippen LogP contribution in [0.15, 0.2) is 82.9 Å². The van der Waals surface area contributed by atoms with Crippen molar-refractivity contribution in [2.24, 2.45) is 5.41 Å². The molecule has 0 N–H and O–H groups in total. The molecule has 1 aromatic heterocycles. The van der Waals surface area contributed by atoms with E-state index in [9.17, 15) is 0 Å². The molecule has 0 bridgehead atoms. The molecule has 1 aromatic carbocycles. The minimum absolute atomic E-state index is 0.152. The van der Waals surface area contributed by atoms with E-state index in [4.69, 9.17) is 4.42 Å². The molecule has 142 valence electrons. The molecule has 3 heteroatoms. The Morgan fingerprint density at radius 1 is 0.964 bits per heavy atom. The summed E-state index contributed by atoms with van der Waals surface area (Å²) in [5.41, 5.74) is 4.86. The highest BCUT2D eigenvalue weighted by molar-refractivity contribution is 5.76. The van der Waals surface area contributed by atoms with Crippen LogP contribution >= 0.6 is 0 Å². The van der Waals surface area contributed by atoms with E-state index in [-0.39, 0.29) is 11.3 Å². The highest BCUT2D eigenvalue weighted by Gasteiger charge is 2.22. The minimum Gasteiger partial charge on any atom is -0.420 e. The molecule has 0 radical (unpaired) electrons. The Bertz CT molecular complexity index is 992. The maximum atomic E-state index is 5.99. The van der Waals surface area contributed by atoms with E-state index in [2.05, 4.69) is 91.7 Å². The van der Waals surface area contributed by atoms with Gasteiger partial charge in [-0.3, -0.25) is 0 Å². The van der Waals surface area contributed by atoms with E-state index in [0.717, 1.165) is 18.4 Å². The van der Waals surface area contributed by atoms with Gasteiger partial charge in [-0.1, -0.05) is 81.5 Å². The van der Waals surface area contributed by atoms with Crippen LogP contribution in [-0.2, 0) is 0 Å². The predicted octanol–water partition coefficient (Wildman–Crippen LogP) is 6.65. The van der Waals surface area contributed by atoms with Crippen LogP contribution in [0, 0.1) is 5.41 Å². The van der Waals surface area contributed by atoms with Crippen LogP contribution in [0.4, 0.5) is 0 Å². The number of hydrogen-bond donors (Lipinski definition) is 0. The lowest BCUT2D eigenvalue weighted by atomic mass is 9.81. The van der Waals surface area contributed by atoms with E-state index in [0.29, 0.717) is 11.8 Å². The molecule has 0 saturated heterocycles. The lowest BCUT2D eigenvalue weighted by Crippen LogP contribution is -2.11. The van der Waals surface area contributed by atoms with Gasteiger partial charge < -0.3 is 4.42 Å². The first kappa shape index (κ1) is 18.4. The zero-order valence-corrected chi connectivity index (χ0v) is 16.7. The number of hydrogen-bond acceptors (Lipinski definition) is 3. The van der Waals surface area contributed by atoms with Crippen LogP contribution in [0.1, 0.15) is 51.0 Å². The fraction of sp³-hybridized carbons (Fsp3) is 0.280. The Kier molecular flexibility index (Phi) is 4.99. The average molecular weight is 370 g/mol. The molecule has 0 fully saturated rings. The summed E-state index contributed by atoms with van der Waals surface area (Å²) in [5.74, 6) is 1.41. The molecular weight excluding hydrogens is 344 g/mol. The number of allylic oxidation sites excluding steroid dienone is 10. The van der Waals surface area contributed by atoms with Crippen LogP contribution in [0.25, 0.3) is 17.0 Å². The van der Waals surface area contributed by atoms with Gasteiger partial charge in [0.05, 0.1) is 5.92 Å². The minimum atomic E-state index is 0.152. The van der Waals surface area contributed by atoms with Crippen LogP contribution in [0.5, 0.6) is 0 Å². The summed E-state index contributed by atoms with van der Waals surface area (Å²) in [4.78, 5) is 0. The van der Waals surface area contributed by atoms with Crippen molar-refractivity contribution in [2.75, 3.05) is 0 Å². The first-order valence-electron chi connectivity index (χ1n) is 9.87. The quantitative estimate of drug-likeness (QED) is 0.607. The van der Waals surface area contributed by atoms with Crippen molar-refractivity contribution in [3.05, 3.63) is 89.9 Å². The monoisotopic (exact) mass is 370 g/mol. The fourth-order valence-corrected chi connectivity index (χ4v) is 3.44. The molecule has 1 unspecified atom stereocenters.